The van der Waals surface area contributed by atoms with Crippen LogP contribution >= 0.6 is 11.8 Å². The van der Waals surface area contributed by atoms with Crippen LogP contribution in [0.3, 0.4) is 0 Å². The lowest BCUT2D eigenvalue weighted by atomic mass is 10.1. The number of benzene rings is 1. The number of thioether (sulfide) groups is 1. The van der Waals surface area contributed by atoms with Crippen LogP contribution in [0, 0.1) is 6.92 Å². The highest BCUT2D eigenvalue weighted by atomic mass is 32.2. The van der Waals surface area contributed by atoms with Crippen molar-refractivity contribution in [1.82, 2.24) is 5.32 Å². The molecule has 1 amide bonds. The summed E-state index contributed by atoms with van der Waals surface area (Å²) in [6.45, 7) is 1.79. The number of carboxylic acids is 1. The molecule has 6 heteroatoms. The number of aromatic hydroxyl groups is 1. The fourth-order valence-electron chi connectivity index (χ4n) is 1.56. The molecule has 0 heterocycles. The molecule has 0 spiro atoms. The predicted octanol–water partition coefficient (Wildman–Crippen LogP) is 1.64. The summed E-state index contributed by atoms with van der Waals surface area (Å²) in [5, 5.41) is 21.1. The van der Waals surface area contributed by atoms with Crippen LogP contribution in [0.4, 0.5) is 0 Å². The van der Waals surface area contributed by atoms with Crippen LogP contribution in [0.1, 0.15) is 22.3 Å². The van der Waals surface area contributed by atoms with Crippen molar-refractivity contribution in [3.05, 3.63) is 29.3 Å². The number of aryl methyl sites for hydroxylation is 1. The smallest absolute Gasteiger partial charge is 0.326 e. The minimum Gasteiger partial charge on any atom is -0.507 e. The van der Waals surface area contributed by atoms with E-state index >= 15 is 0 Å². The first-order chi connectivity index (χ1) is 8.95. The van der Waals surface area contributed by atoms with E-state index in [1.807, 2.05) is 6.26 Å². The molecule has 0 aliphatic heterocycles. The second kappa shape index (κ2) is 7.04. The van der Waals surface area contributed by atoms with Gasteiger partial charge in [0.15, 0.2) is 0 Å². The van der Waals surface area contributed by atoms with E-state index in [4.69, 9.17) is 5.11 Å². The Kier molecular flexibility index (Phi) is 5.69. The maximum atomic E-state index is 11.9. The van der Waals surface area contributed by atoms with Crippen molar-refractivity contribution in [3.8, 4) is 5.75 Å². The van der Waals surface area contributed by atoms with Gasteiger partial charge in [-0.1, -0.05) is 6.07 Å². The molecule has 1 aromatic carbocycles. The second-order valence-electron chi connectivity index (χ2n) is 4.17. The van der Waals surface area contributed by atoms with E-state index in [0.29, 0.717) is 12.2 Å². The molecule has 0 saturated heterocycles. The van der Waals surface area contributed by atoms with Crippen molar-refractivity contribution >= 4 is 23.6 Å². The normalized spacial score (nSPS) is 11.9. The van der Waals surface area contributed by atoms with Crippen molar-refractivity contribution < 1.29 is 19.8 Å². The molecule has 1 rings (SSSR count). The first kappa shape index (κ1) is 15.4. The van der Waals surface area contributed by atoms with Gasteiger partial charge in [-0.15, -0.1) is 0 Å². The minimum atomic E-state index is -1.07. The number of amides is 1. The van der Waals surface area contributed by atoms with Crippen LogP contribution < -0.4 is 5.32 Å². The van der Waals surface area contributed by atoms with Gasteiger partial charge in [0.25, 0.3) is 5.91 Å². The van der Waals surface area contributed by atoms with Gasteiger partial charge < -0.3 is 15.5 Å². The summed E-state index contributed by atoms with van der Waals surface area (Å²) in [6, 6.07) is 3.69. The Morgan fingerprint density at radius 2 is 2.11 bits per heavy atom. The number of carbonyl (C=O) groups excluding carboxylic acids is 1. The number of hydrogen-bond acceptors (Lipinski definition) is 4. The van der Waals surface area contributed by atoms with Crippen LogP contribution in [-0.2, 0) is 4.79 Å². The van der Waals surface area contributed by atoms with Gasteiger partial charge in [0.2, 0.25) is 0 Å². The van der Waals surface area contributed by atoms with E-state index in [9.17, 15) is 14.7 Å². The number of nitrogens with one attached hydrogen (secondary N) is 1. The first-order valence-corrected chi connectivity index (χ1v) is 7.17. The number of phenolic OH excluding ortho intramolecular Hbond substituents is 1. The molecule has 3 N–H and O–H groups in total. The fourth-order valence-corrected chi connectivity index (χ4v) is 2.03. The minimum absolute atomic E-state index is 0.0843. The lowest BCUT2D eigenvalue weighted by Gasteiger charge is -2.14. The topological polar surface area (TPSA) is 86.6 Å². The first-order valence-electron chi connectivity index (χ1n) is 5.78. The Morgan fingerprint density at radius 3 is 2.63 bits per heavy atom. The summed E-state index contributed by atoms with van der Waals surface area (Å²) in [5.41, 5.74) is 0.909. The Hall–Kier alpha value is -1.69. The highest BCUT2D eigenvalue weighted by molar-refractivity contribution is 7.98. The van der Waals surface area contributed by atoms with Gasteiger partial charge in [0, 0.05) is 0 Å². The average Bonchev–Trinajstić information content (AvgIpc) is 2.33. The molecule has 19 heavy (non-hydrogen) atoms. The molecular weight excluding hydrogens is 266 g/mol. The zero-order valence-electron chi connectivity index (χ0n) is 10.8. The zero-order chi connectivity index (χ0) is 14.4. The molecule has 0 fully saturated rings. The maximum absolute atomic E-state index is 11.9. The van der Waals surface area contributed by atoms with Crippen molar-refractivity contribution in [2.45, 2.75) is 19.4 Å². The molecular formula is C13H17NO4S. The van der Waals surface area contributed by atoms with Gasteiger partial charge in [-0.2, -0.15) is 11.8 Å². The molecule has 0 saturated carbocycles. The summed E-state index contributed by atoms with van der Waals surface area (Å²) in [5.74, 6) is -1.16. The summed E-state index contributed by atoms with van der Waals surface area (Å²) in [6.07, 6.45) is 2.21. The van der Waals surface area contributed by atoms with Gasteiger partial charge in [0.1, 0.15) is 11.8 Å². The molecule has 0 aromatic heterocycles. The molecule has 0 bridgehead atoms. The van der Waals surface area contributed by atoms with Crippen molar-refractivity contribution in [2.24, 2.45) is 0 Å². The molecule has 1 unspecified atom stereocenters. The van der Waals surface area contributed by atoms with Crippen molar-refractivity contribution in [3.63, 3.8) is 0 Å². The van der Waals surface area contributed by atoms with Crippen LogP contribution in [0.25, 0.3) is 0 Å². The maximum Gasteiger partial charge on any atom is 0.326 e. The molecule has 1 aromatic rings. The third kappa shape index (κ3) is 4.48. The van der Waals surface area contributed by atoms with Gasteiger partial charge in [0.05, 0.1) is 5.56 Å². The van der Waals surface area contributed by atoms with E-state index in [0.717, 1.165) is 5.56 Å². The van der Waals surface area contributed by atoms with Gasteiger partial charge in [-0.25, -0.2) is 4.79 Å². The summed E-state index contributed by atoms with van der Waals surface area (Å²) >= 11 is 1.51. The summed E-state index contributed by atoms with van der Waals surface area (Å²) in [4.78, 5) is 22.9. The zero-order valence-corrected chi connectivity index (χ0v) is 11.7. The van der Waals surface area contributed by atoms with Crippen LogP contribution in [0.15, 0.2) is 18.2 Å². The molecule has 0 radical (unpaired) electrons. The van der Waals surface area contributed by atoms with Gasteiger partial charge in [-0.05, 0) is 43.0 Å². The monoisotopic (exact) mass is 283 g/mol. The number of carbonyl (C=O) groups is 2. The molecule has 104 valence electrons. The quantitative estimate of drug-likeness (QED) is 0.739. The lowest BCUT2D eigenvalue weighted by molar-refractivity contribution is -0.139. The lowest BCUT2D eigenvalue weighted by Crippen LogP contribution is -2.41. The van der Waals surface area contributed by atoms with Crippen molar-refractivity contribution in [1.29, 1.82) is 0 Å². The third-order valence-corrected chi connectivity index (χ3v) is 3.26. The van der Waals surface area contributed by atoms with Gasteiger partial charge >= 0.3 is 5.97 Å². The molecule has 0 aliphatic rings. The largest absolute Gasteiger partial charge is 0.507 e. The highest BCUT2D eigenvalue weighted by Crippen LogP contribution is 2.18. The molecule has 0 aliphatic carbocycles. The Labute approximate surface area is 116 Å². The summed E-state index contributed by atoms with van der Waals surface area (Å²) < 4.78 is 0. The van der Waals surface area contributed by atoms with E-state index in [1.54, 1.807) is 13.0 Å². The van der Waals surface area contributed by atoms with E-state index in [1.165, 1.54) is 23.9 Å². The standard InChI is InChI=1S/C13H17NO4S/c1-8-3-4-9(11(15)7-8)12(16)14-10(13(17)18)5-6-19-2/h3-4,7,10,15H,5-6H2,1-2H3,(H,14,16)(H,17,18). The van der Waals surface area contributed by atoms with Gasteiger partial charge in [-0.3, -0.25) is 4.79 Å². The van der Waals surface area contributed by atoms with E-state index in [-0.39, 0.29) is 11.3 Å². The highest BCUT2D eigenvalue weighted by Gasteiger charge is 2.21. The Balaban J connectivity index is 2.78. The molecule has 5 nitrogen and oxygen atoms in total. The number of rotatable bonds is 6. The van der Waals surface area contributed by atoms with E-state index < -0.39 is 17.9 Å². The van der Waals surface area contributed by atoms with Crippen molar-refractivity contribution in [2.75, 3.05) is 12.0 Å². The summed E-state index contributed by atoms with van der Waals surface area (Å²) in [7, 11) is 0. The third-order valence-electron chi connectivity index (χ3n) is 2.61. The SMILES string of the molecule is CSCCC(NC(=O)c1ccc(C)cc1O)C(=O)O. The van der Waals surface area contributed by atoms with Crippen LogP contribution in [0.5, 0.6) is 5.75 Å². The number of carboxylic acid groups (broad SMARTS) is 1. The Morgan fingerprint density at radius 1 is 1.42 bits per heavy atom. The average molecular weight is 283 g/mol. The number of phenols is 1. The Bertz CT molecular complexity index is 476. The second-order valence-corrected chi connectivity index (χ2v) is 5.15. The van der Waals surface area contributed by atoms with Crippen LogP contribution in [-0.4, -0.2) is 40.1 Å². The predicted molar refractivity (Wildman–Crippen MR) is 74.7 cm³/mol. The number of hydrogen-bond donors (Lipinski definition) is 3. The van der Waals surface area contributed by atoms with E-state index in [2.05, 4.69) is 5.32 Å². The number of aliphatic carboxylic acids is 1. The fraction of sp³-hybridized carbons (Fsp3) is 0.385. The molecule has 1 atom stereocenters. The van der Waals surface area contributed by atoms with Crippen LogP contribution in [0.2, 0.25) is 0 Å².